The van der Waals surface area contributed by atoms with Gasteiger partial charge in [-0.3, -0.25) is 0 Å². The minimum Gasteiger partial charge on any atom is -0.198 e. The molecule has 0 saturated carbocycles. The molecule has 4 heteroatoms. The SMILES string of the molecule is CCCCCCCCC(CCC#N)C(Cl)(Cl)Cl. The van der Waals surface area contributed by atoms with Crippen LogP contribution in [0.15, 0.2) is 0 Å². The van der Waals surface area contributed by atoms with E-state index in [4.69, 9.17) is 40.1 Å². The molecule has 17 heavy (non-hydrogen) atoms. The van der Waals surface area contributed by atoms with Crippen LogP contribution in [0.1, 0.15) is 64.7 Å². The summed E-state index contributed by atoms with van der Waals surface area (Å²) in [7, 11) is 0. The van der Waals surface area contributed by atoms with E-state index in [1.165, 1.54) is 32.1 Å². The molecule has 0 aliphatic carbocycles. The van der Waals surface area contributed by atoms with Crippen molar-refractivity contribution in [3.05, 3.63) is 0 Å². The summed E-state index contributed by atoms with van der Waals surface area (Å²) in [4.78, 5) is 0. The lowest BCUT2D eigenvalue weighted by atomic mass is 9.97. The summed E-state index contributed by atoms with van der Waals surface area (Å²) < 4.78 is -1.22. The molecule has 0 aromatic heterocycles. The van der Waals surface area contributed by atoms with Crippen LogP contribution in [0.5, 0.6) is 0 Å². The zero-order chi connectivity index (χ0) is 13.1. The molecule has 1 nitrogen and oxygen atoms in total. The molecule has 0 aliphatic rings. The van der Waals surface area contributed by atoms with Crippen LogP contribution in [0, 0.1) is 17.2 Å². The smallest absolute Gasteiger partial charge is 0.193 e. The van der Waals surface area contributed by atoms with Crippen molar-refractivity contribution in [2.75, 3.05) is 0 Å². The number of nitriles is 1. The molecule has 1 unspecified atom stereocenters. The third kappa shape index (κ3) is 10.0. The largest absolute Gasteiger partial charge is 0.198 e. The highest BCUT2D eigenvalue weighted by atomic mass is 35.6. The Morgan fingerprint density at radius 2 is 1.59 bits per heavy atom. The molecule has 0 aromatic carbocycles. The van der Waals surface area contributed by atoms with Crippen molar-refractivity contribution < 1.29 is 0 Å². The number of rotatable bonds is 9. The van der Waals surface area contributed by atoms with Crippen molar-refractivity contribution in [1.29, 1.82) is 5.26 Å². The van der Waals surface area contributed by atoms with Crippen LogP contribution < -0.4 is 0 Å². The molecule has 0 heterocycles. The number of nitrogens with zero attached hydrogens (tertiary/aromatic N) is 1. The van der Waals surface area contributed by atoms with Gasteiger partial charge >= 0.3 is 0 Å². The van der Waals surface area contributed by atoms with Crippen LogP contribution in [0.3, 0.4) is 0 Å². The van der Waals surface area contributed by atoms with E-state index in [0.29, 0.717) is 12.8 Å². The number of hydrogen-bond donors (Lipinski definition) is 0. The zero-order valence-corrected chi connectivity index (χ0v) is 12.8. The van der Waals surface area contributed by atoms with Gasteiger partial charge in [0.1, 0.15) is 0 Å². The number of hydrogen-bond acceptors (Lipinski definition) is 1. The first kappa shape index (κ1) is 17.4. The van der Waals surface area contributed by atoms with Gasteiger partial charge in [0.25, 0.3) is 0 Å². The third-order valence-corrected chi connectivity index (χ3v) is 3.90. The van der Waals surface area contributed by atoms with Crippen molar-refractivity contribution in [3.63, 3.8) is 0 Å². The highest BCUT2D eigenvalue weighted by Crippen LogP contribution is 2.40. The van der Waals surface area contributed by atoms with E-state index in [9.17, 15) is 0 Å². The first-order chi connectivity index (χ1) is 8.02. The lowest BCUT2D eigenvalue weighted by molar-refractivity contribution is 0.433. The Morgan fingerprint density at radius 3 is 2.12 bits per heavy atom. The fourth-order valence-electron chi connectivity index (χ4n) is 1.88. The second-order valence-electron chi connectivity index (χ2n) is 4.49. The molecule has 0 bridgehead atoms. The first-order valence-corrected chi connectivity index (χ1v) is 7.59. The highest BCUT2D eigenvalue weighted by molar-refractivity contribution is 6.67. The quantitative estimate of drug-likeness (QED) is 0.377. The lowest BCUT2D eigenvalue weighted by Gasteiger charge is -2.23. The molecule has 0 saturated heterocycles. The molecular formula is C13H22Cl3N. The topological polar surface area (TPSA) is 23.8 Å². The summed E-state index contributed by atoms with van der Waals surface area (Å²) in [5.74, 6) is 0.0123. The van der Waals surface area contributed by atoms with Gasteiger partial charge < -0.3 is 0 Å². The number of unbranched alkanes of at least 4 members (excludes halogenated alkanes) is 5. The lowest BCUT2D eigenvalue weighted by Crippen LogP contribution is -2.19. The maximum absolute atomic E-state index is 8.57. The Kier molecular flexibility index (Phi) is 10.5. The molecule has 0 radical (unpaired) electrons. The van der Waals surface area contributed by atoms with Crippen molar-refractivity contribution in [2.45, 2.75) is 68.5 Å². The van der Waals surface area contributed by atoms with E-state index >= 15 is 0 Å². The van der Waals surface area contributed by atoms with Gasteiger partial charge in [-0.15, -0.1) is 0 Å². The maximum atomic E-state index is 8.57. The Bertz CT molecular complexity index is 218. The summed E-state index contributed by atoms with van der Waals surface area (Å²) in [6.07, 6.45) is 9.48. The van der Waals surface area contributed by atoms with Crippen molar-refractivity contribution in [1.82, 2.24) is 0 Å². The van der Waals surface area contributed by atoms with Crippen molar-refractivity contribution in [2.24, 2.45) is 5.92 Å². The van der Waals surface area contributed by atoms with Crippen molar-refractivity contribution in [3.8, 4) is 6.07 Å². The van der Waals surface area contributed by atoms with E-state index in [2.05, 4.69) is 13.0 Å². The first-order valence-electron chi connectivity index (χ1n) is 6.46. The van der Waals surface area contributed by atoms with E-state index < -0.39 is 3.79 Å². The average Bonchev–Trinajstić information content (AvgIpc) is 2.25. The average molecular weight is 299 g/mol. The third-order valence-electron chi connectivity index (χ3n) is 2.97. The molecule has 0 spiro atoms. The van der Waals surface area contributed by atoms with E-state index in [-0.39, 0.29) is 5.92 Å². The van der Waals surface area contributed by atoms with Gasteiger partial charge in [-0.2, -0.15) is 5.26 Å². The summed E-state index contributed by atoms with van der Waals surface area (Å²) in [6.45, 7) is 2.21. The zero-order valence-electron chi connectivity index (χ0n) is 10.5. The van der Waals surface area contributed by atoms with E-state index in [0.717, 1.165) is 12.8 Å². The number of halogens is 3. The second kappa shape index (κ2) is 10.3. The molecule has 0 rings (SSSR count). The van der Waals surface area contributed by atoms with Gasteiger partial charge in [0, 0.05) is 12.3 Å². The second-order valence-corrected chi connectivity index (χ2v) is 6.86. The van der Waals surface area contributed by atoms with Crippen LogP contribution in [0.4, 0.5) is 0 Å². The van der Waals surface area contributed by atoms with Gasteiger partial charge in [0.05, 0.1) is 6.07 Å². The van der Waals surface area contributed by atoms with Gasteiger partial charge in [-0.25, -0.2) is 0 Å². The number of alkyl halides is 3. The predicted molar refractivity (Wildman–Crippen MR) is 76.6 cm³/mol. The molecular weight excluding hydrogens is 277 g/mol. The molecule has 100 valence electrons. The maximum Gasteiger partial charge on any atom is 0.193 e. The molecule has 1 atom stereocenters. The van der Waals surface area contributed by atoms with Gasteiger partial charge in [-0.1, -0.05) is 80.3 Å². The predicted octanol–water partition coefficient (Wildman–Crippen LogP) is 6.03. The molecule has 0 amide bonds. The Balaban J connectivity index is 3.74. The minimum atomic E-state index is -1.22. The normalized spacial score (nSPS) is 13.4. The molecule has 0 aliphatic heterocycles. The molecule has 0 aromatic rings. The summed E-state index contributed by atoms with van der Waals surface area (Å²) in [5.41, 5.74) is 0. The van der Waals surface area contributed by atoms with Crippen LogP contribution in [-0.2, 0) is 0 Å². The van der Waals surface area contributed by atoms with Crippen LogP contribution in [0.2, 0.25) is 0 Å². The minimum absolute atomic E-state index is 0.0123. The van der Waals surface area contributed by atoms with Crippen LogP contribution in [-0.4, -0.2) is 3.79 Å². The highest BCUT2D eigenvalue weighted by Gasteiger charge is 2.31. The van der Waals surface area contributed by atoms with Crippen molar-refractivity contribution >= 4 is 34.8 Å². The summed E-state index contributed by atoms with van der Waals surface area (Å²) in [5, 5.41) is 8.57. The molecule has 0 N–H and O–H groups in total. The standard InChI is InChI=1S/C13H22Cl3N/c1-2-3-4-5-6-7-9-12(10-8-11-17)13(14,15)16/h12H,2-10H2,1H3. The van der Waals surface area contributed by atoms with Crippen LogP contribution >= 0.6 is 34.8 Å². The van der Waals surface area contributed by atoms with Gasteiger partial charge in [0.15, 0.2) is 3.79 Å². The Hall–Kier alpha value is 0.360. The van der Waals surface area contributed by atoms with E-state index in [1.54, 1.807) is 0 Å². The van der Waals surface area contributed by atoms with Gasteiger partial charge in [-0.05, 0) is 12.8 Å². The monoisotopic (exact) mass is 297 g/mol. The summed E-state index contributed by atoms with van der Waals surface area (Å²) in [6, 6.07) is 2.11. The van der Waals surface area contributed by atoms with Crippen LogP contribution in [0.25, 0.3) is 0 Å². The fraction of sp³-hybridized carbons (Fsp3) is 0.923. The fourth-order valence-corrected chi connectivity index (χ4v) is 2.54. The van der Waals surface area contributed by atoms with Gasteiger partial charge in [0.2, 0.25) is 0 Å². The summed E-state index contributed by atoms with van der Waals surface area (Å²) >= 11 is 17.8. The van der Waals surface area contributed by atoms with E-state index in [1.807, 2.05) is 0 Å². The Labute approximate surface area is 120 Å². The Morgan fingerprint density at radius 1 is 1.00 bits per heavy atom. The molecule has 0 fully saturated rings.